The van der Waals surface area contributed by atoms with Gasteiger partial charge in [-0.2, -0.15) is 0 Å². The third-order valence-electron chi connectivity index (χ3n) is 3.24. The molecule has 3 heteroatoms. The maximum absolute atomic E-state index is 11.1. The largest absolute Gasteiger partial charge is 0.326 e. The Bertz CT molecular complexity index is 660. The van der Waals surface area contributed by atoms with Gasteiger partial charge in [0.25, 0.3) is 0 Å². The second kappa shape index (κ2) is 4.69. The molecular formula is C16H14N2O. The quantitative estimate of drug-likeness (QED) is 0.890. The molecule has 1 heterocycles. The maximum atomic E-state index is 11.1. The van der Waals surface area contributed by atoms with Crippen LogP contribution in [-0.2, 0) is 11.2 Å². The number of fused-ring (bicyclic) bond motifs is 1. The van der Waals surface area contributed by atoms with Gasteiger partial charge in [0.05, 0.1) is 0 Å². The van der Waals surface area contributed by atoms with Crippen molar-refractivity contribution in [2.45, 2.75) is 13.3 Å². The summed E-state index contributed by atoms with van der Waals surface area (Å²) in [5, 5.41) is 2.83. The average Bonchev–Trinajstić information content (AvgIpc) is 2.82. The number of hydrogen-bond donors (Lipinski definition) is 1. The molecule has 1 aliphatic carbocycles. The molecule has 0 unspecified atom stereocenters. The van der Waals surface area contributed by atoms with Crippen LogP contribution in [0.4, 0.5) is 5.69 Å². The van der Waals surface area contributed by atoms with Crippen molar-refractivity contribution in [1.82, 2.24) is 4.98 Å². The fraction of sp³-hybridized carbons (Fsp3) is 0.125. The zero-order valence-corrected chi connectivity index (χ0v) is 10.7. The number of nitrogens with one attached hydrogen (secondary N) is 1. The minimum Gasteiger partial charge on any atom is -0.326 e. The molecule has 0 aliphatic heterocycles. The summed E-state index contributed by atoms with van der Waals surface area (Å²) in [6.07, 6.45) is 6.75. The molecule has 1 aromatic carbocycles. The van der Waals surface area contributed by atoms with Crippen LogP contribution < -0.4 is 5.32 Å². The van der Waals surface area contributed by atoms with E-state index in [0.29, 0.717) is 0 Å². The molecule has 0 saturated carbocycles. The first-order chi connectivity index (χ1) is 9.24. The van der Waals surface area contributed by atoms with Crippen LogP contribution in [0.15, 0.2) is 48.8 Å². The second-order valence-corrected chi connectivity index (χ2v) is 4.61. The van der Waals surface area contributed by atoms with Crippen LogP contribution in [0.1, 0.15) is 23.6 Å². The van der Waals surface area contributed by atoms with Crippen molar-refractivity contribution in [2.75, 3.05) is 5.32 Å². The molecule has 0 saturated heterocycles. The van der Waals surface area contributed by atoms with Crippen LogP contribution in [-0.4, -0.2) is 10.9 Å². The molecule has 0 radical (unpaired) electrons. The van der Waals surface area contributed by atoms with Crippen molar-refractivity contribution in [3.8, 4) is 0 Å². The van der Waals surface area contributed by atoms with Gasteiger partial charge in [0.1, 0.15) is 0 Å². The van der Waals surface area contributed by atoms with Gasteiger partial charge < -0.3 is 5.32 Å². The summed E-state index contributed by atoms with van der Waals surface area (Å²) < 4.78 is 0. The predicted molar refractivity (Wildman–Crippen MR) is 75.8 cm³/mol. The van der Waals surface area contributed by atoms with Crippen molar-refractivity contribution in [3.63, 3.8) is 0 Å². The first kappa shape index (κ1) is 11.7. The predicted octanol–water partition coefficient (Wildman–Crippen LogP) is 3.03. The summed E-state index contributed by atoms with van der Waals surface area (Å²) >= 11 is 0. The number of amides is 1. The number of rotatable bonds is 2. The van der Waals surface area contributed by atoms with Crippen molar-refractivity contribution < 1.29 is 4.79 Å². The average molecular weight is 250 g/mol. The number of carbonyl (C=O) groups excluding carboxylic acids is 1. The van der Waals surface area contributed by atoms with Crippen molar-refractivity contribution in [1.29, 1.82) is 0 Å². The van der Waals surface area contributed by atoms with Gasteiger partial charge in [-0.1, -0.05) is 12.1 Å². The Morgan fingerprint density at radius 1 is 1.21 bits per heavy atom. The highest BCUT2D eigenvalue weighted by atomic mass is 16.1. The van der Waals surface area contributed by atoms with Gasteiger partial charge in [-0.05, 0) is 52.9 Å². The molecule has 19 heavy (non-hydrogen) atoms. The van der Waals surface area contributed by atoms with E-state index in [-0.39, 0.29) is 5.91 Å². The lowest BCUT2D eigenvalue weighted by Crippen LogP contribution is -2.06. The lowest BCUT2D eigenvalue weighted by molar-refractivity contribution is -0.114. The van der Waals surface area contributed by atoms with E-state index >= 15 is 0 Å². The Kier molecular flexibility index (Phi) is 2.88. The summed E-state index contributed by atoms with van der Waals surface area (Å²) in [5.74, 6) is -0.0487. The number of anilines is 1. The molecule has 2 aromatic rings. The SMILES string of the molecule is CC(=O)Nc1ccc2c(c1)C(c1ccncc1)=CC2. The number of carbonyl (C=O) groups is 1. The van der Waals surface area contributed by atoms with Gasteiger partial charge in [0.2, 0.25) is 5.91 Å². The molecule has 3 rings (SSSR count). The van der Waals surface area contributed by atoms with E-state index in [0.717, 1.165) is 17.7 Å². The molecule has 1 aliphatic rings. The molecular weight excluding hydrogens is 236 g/mol. The smallest absolute Gasteiger partial charge is 0.221 e. The second-order valence-electron chi connectivity index (χ2n) is 4.61. The molecule has 1 N–H and O–H groups in total. The normalized spacial score (nSPS) is 12.8. The standard InChI is InChI=1S/C16H14N2O/c1-11(19)18-14-4-2-12-3-5-15(16(12)10-14)13-6-8-17-9-7-13/h2,4-10H,3H2,1H3,(H,18,19). The molecule has 0 fully saturated rings. The Hall–Kier alpha value is -2.42. The number of benzene rings is 1. The molecule has 1 aromatic heterocycles. The van der Waals surface area contributed by atoms with Crippen LogP contribution in [0.5, 0.6) is 0 Å². The number of hydrogen-bond acceptors (Lipinski definition) is 2. The number of pyridine rings is 1. The van der Waals surface area contributed by atoms with E-state index in [1.807, 2.05) is 24.3 Å². The van der Waals surface area contributed by atoms with Crippen molar-refractivity contribution >= 4 is 17.2 Å². The molecule has 0 spiro atoms. The Morgan fingerprint density at radius 3 is 2.74 bits per heavy atom. The monoisotopic (exact) mass is 250 g/mol. The van der Waals surface area contributed by atoms with Gasteiger partial charge in [-0.25, -0.2) is 0 Å². The van der Waals surface area contributed by atoms with Gasteiger partial charge in [0.15, 0.2) is 0 Å². The fourth-order valence-corrected chi connectivity index (χ4v) is 2.41. The summed E-state index contributed by atoms with van der Waals surface area (Å²) in [4.78, 5) is 15.2. The highest BCUT2D eigenvalue weighted by Crippen LogP contribution is 2.34. The van der Waals surface area contributed by atoms with Crippen LogP contribution in [0.2, 0.25) is 0 Å². The lowest BCUT2D eigenvalue weighted by atomic mass is 9.99. The van der Waals surface area contributed by atoms with E-state index in [9.17, 15) is 4.79 Å². The Morgan fingerprint density at radius 2 is 2.00 bits per heavy atom. The van der Waals surface area contributed by atoms with Gasteiger partial charge >= 0.3 is 0 Å². The zero-order chi connectivity index (χ0) is 13.2. The highest BCUT2D eigenvalue weighted by Gasteiger charge is 2.16. The number of allylic oxidation sites excluding steroid dienone is 1. The van der Waals surface area contributed by atoms with E-state index in [4.69, 9.17) is 0 Å². The maximum Gasteiger partial charge on any atom is 0.221 e. The third-order valence-corrected chi connectivity index (χ3v) is 3.24. The molecule has 94 valence electrons. The van der Waals surface area contributed by atoms with Gasteiger partial charge in [0, 0.05) is 25.0 Å². The first-order valence-corrected chi connectivity index (χ1v) is 6.25. The van der Waals surface area contributed by atoms with E-state index in [1.54, 1.807) is 12.4 Å². The summed E-state index contributed by atoms with van der Waals surface area (Å²) in [6, 6.07) is 10.1. The number of nitrogens with zero attached hydrogens (tertiary/aromatic N) is 1. The Balaban J connectivity index is 2.00. The fourth-order valence-electron chi connectivity index (χ4n) is 2.41. The Labute approximate surface area is 112 Å². The summed E-state index contributed by atoms with van der Waals surface area (Å²) in [5.41, 5.74) is 5.70. The molecule has 0 bridgehead atoms. The molecule has 3 nitrogen and oxygen atoms in total. The van der Waals surface area contributed by atoms with Crippen LogP contribution >= 0.6 is 0 Å². The van der Waals surface area contributed by atoms with E-state index in [1.165, 1.54) is 23.6 Å². The van der Waals surface area contributed by atoms with E-state index < -0.39 is 0 Å². The minimum atomic E-state index is -0.0487. The third kappa shape index (κ3) is 2.27. The summed E-state index contributed by atoms with van der Waals surface area (Å²) in [7, 11) is 0. The molecule has 1 amide bonds. The van der Waals surface area contributed by atoms with E-state index in [2.05, 4.69) is 22.4 Å². The van der Waals surface area contributed by atoms with Crippen LogP contribution in [0, 0.1) is 0 Å². The lowest BCUT2D eigenvalue weighted by Gasteiger charge is -2.09. The van der Waals surface area contributed by atoms with Gasteiger partial charge in [-0.15, -0.1) is 0 Å². The van der Waals surface area contributed by atoms with Crippen molar-refractivity contribution in [3.05, 3.63) is 65.5 Å². The van der Waals surface area contributed by atoms with Crippen LogP contribution in [0.25, 0.3) is 5.57 Å². The molecule has 0 atom stereocenters. The summed E-state index contributed by atoms with van der Waals surface area (Å²) in [6.45, 7) is 1.52. The first-order valence-electron chi connectivity index (χ1n) is 6.25. The van der Waals surface area contributed by atoms with Crippen LogP contribution in [0.3, 0.4) is 0 Å². The minimum absolute atomic E-state index is 0.0487. The van der Waals surface area contributed by atoms with Gasteiger partial charge in [-0.3, -0.25) is 9.78 Å². The van der Waals surface area contributed by atoms with Crippen molar-refractivity contribution in [2.24, 2.45) is 0 Å². The topological polar surface area (TPSA) is 42.0 Å². The highest BCUT2D eigenvalue weighted by molar-refractivity contribution is 5.91. The zero-order valence-electron chi connectivity index (χ0n) is 10.7. The number of aromatic nitrogens is 1.